The predicted molar refractivity (Wildman–Crippen MR) is 227 cm³/mol. The van der Waals surface area contributed by atoms with Gasteiger partial charge in [0.05, 0.1) is 45.5 Å². The molecule has 0 unspecified atom stereocenters. The summed E-state index contributed by atoms with van der Waals surface area (Å²) in [6.07, 6.45) is 0. The Kier molecular flexibility index (Phi) is 4.32. The highest BCUT2D eigenvalue weighted by molar-refractivity contribution is 6.11. The fourth-order valence-electron chi connectivity index (χ4n) is 6.23. The molecule has 4 heteroatoms. The summed E-state index contributed by atoms with van der Waals surface area (Å²) in [5, 5.41) is -0.780. The standard InChI is InChI=1S/C51H34N4/c1-5-16-35(17-6-1)39-24-15-25-40(32-39)42-28-30-44(51-53-49(37-20-9-3-10-21-37)52-50(54-51)38-22-11-4-12-23-38)48(34-42)55-46-27-14-13-26-43(46)45-33-41(29-31-47(45)55)36-18-7-2-8-19-36/h1-34H/i1D,2D,5D,6D,7D,8D,13D,14D,15D,16D,17D,18D,19D,24D,25D,26D,27D,29D,31D,32D,33D. The maximum atomic E-state index is 9.78. The lowest BCUT2D eigenvalue weighted by Gasteiger charge is -2.17. The van der Waals surface area contributed by atoms with Gasteiger partial charge < -0.3 is 4.57 Å². The van der Waals surface area contributed by atoms with Gasteiger partial charge in [-0.15, -0.1) is 0 Å². The molecule has 2 aromatic heterocycles. The monoisotopic (exact) mass is 723 g/mol. The minimum absolute atomic E-state index is 0.0194. The van der Waals surface area contributed by atoms with Crippen LogP contribution in [-0.2, 0) is 0 Å². The van der Waals surface area contributed by atoms with E-state index in [-0.39, 0.29) is 45.2 Å². The number of fused-ring (bicyclic) bond motifs is 3. The van der Waals surface area contributed by atoms with E-state index in [0.717, 1.165) is 4.57 Å². The molecule has 0 bridgehead atoms. The fourth-order valence-corrected chi connectivity index (χ4v) is 6.23. The molecule has 8 aromatic carbocycles. The quantitative estimate of drug-likeness (QED) is 0.164. The summed E-state index contributed by atoms with van der Waals surface area (Å²) < 4.78 is 189. The van der Waals surface area contributed by atoms with Gasteiger partial charge in [0.2, 0.25) is 0 Å². The first kappa shape index (κ1) is 17.1. The first-order chi connectivity index (χ1) is 36.0. The molecule has 0 saturated carbocycles. The number of aromatic nitrogens is 4. The second-order valence-electron chi connectivity index (χ2n) is 12.1. The maximum Gasteiger partial charge on any atom is 0.166 e. The fraction of sp³-hybridized carbons (Fsp3) is 0. The van der Waals surface area contributed by atoms with Gasteiger partial charge in [0.15, 0.2) is 17.5 Å². The predicted octanol–water partition coefficient (Wildman–Crippen LogP) is 13.0. The normalized spacial score (nSPS) is 16.6. The molecule has 0 aliphatic heterocycles. The number of rotatable bonds is 7. The molecule has 0 N–H and O–H groups in total. The molecule has 55 heavy (non-hydrogen) atoms. The third kappa shape index (κ3) is 6.06. The van der Waals surface area contributed by atoms with E-state index in [0.29, 0.717) is 11.1 Å². The van der Waals surface area contributed by atoms with Gasteiger partial charge in [-0.05, 0) is 69.7 Å². The van der Waals surface area contributed by atoms with Crippen molar-refractivity contribution < 1.29 is 28.8 Å². The minimum Gasteiger partial charge on any atom is -0.308 e. The van der Waals surface area contributed by atoms with Crippen molar-refractivity contribution in [2.24, 2.45) is 0 Å². The number of hydrogen-bond donors (Lipinski definition) is 0. The molecular weight excluding hydrogens is 669 g/mol. The third-order valence-electron chi connectivity index (χ3n) is 8.75. The Morgan fingerprint density at radius 1 is 0.364 bits per heavy atom. The van der Waals surface area contributed by atoms with Gasteiger partial charge in [0.1, 0.15) is 0 Å². The van der Waals surface area contributed by atoms with Gasteiger partial charge in [-0.25, -0.2) is 15.0 Å². The highest BCUT2D eigenvalue weighted by Crippen LogP contribution is 2.40. The van der Waals surface area contributed by atoms with Crippen LogP contribution < -0.4 is 0 Å². The van der Waals surface area contributed by atoms with Gasteiger partial charge in [0.25, 0.3) is 0 Å². The Hall–Kier alpha value is -7.43. The number of para-hydroxylation sites is 1. The first-order valence-corrected chi connectivity index (χ1v) is 16.8. The molecule has 10 aromatic rings. The van der Waals surface area contributed by atoms with E-state index in [1.165, 1.54) is 18.2 Å². The Labute approximate surface area is 349 Å². The Morgan fingerprint density at radius 3 is 1.55 bits per heavy atom. The first-order valence-electron chi connectivity index (χ1n) is 27.3. The molecule has 0 aliphatic rings. The lowest BCUT2D eigenvalue weighted by molar-refractivity contribution is 1.06. The van der Waals surface area contributed by atoms with Crippen molar-refractivity contribution in [3.63, 3.8) is 0 Å². The molecule has 4 nitrogen and oxygen atoms in total. The Balaban J connectivity index is 1.42. The molecular formula is C51H34N4. The smallest absolute Gasteiger partial charge is 0.166 e. The number of benzene rings is 8. The molecule has 0 amide bonds. The summed E-state index contributed by atoms with van der Waals surface area (Å²) in [4.78, 5) is 14.6. The van der Waals surface area contributed by atoms with Crippen LogP contribution in [0.4, 0.5) is 0 Å². The zero-order chi connectivity index (χ0) is 54.8. The molecule has 0 aliphatic carbocycles. The molecule has 0 radical (unpaired) electrons. The zero-order valence-corrected chi connectivity index (χ0v) is 28.3. The van der Waals surface area contributed by atoms with E-state index in [1.54, 1.807) is 60.7 Å². The maximum absolute atomic E-state index is 9.78. The topological polar surface area (TPSA) is 43.6 Å². The van der Waals surface area contributed by atoms with Gasteiger partial charge in [-0.2, -0.15) is 0 Å². The van der Waals surface area contributed by atoms with Crippen molar-refractivity contribution in [1.29, 1.82) is 0 Å². The van der Waals surface area contributed by atoms with Crippen molar-refractivity contribution in [3.05, 3.63) is 206 Å². The zero-order valence-electron chi connectivity index (χ0n) is 49.3. The van der Waals surface area contributed by atoms with E-state index < -0.39 is 166 Å². The largest absolute Gasteiger partial charge is 0.308 e. The van der Waals surface area contributed by atoms with E-state index in [2.05, 4.69) is 0 Å². The van der Waals surface area contributed by atoms with Crippen LogP contribution in [0.15, 0.2) is 206 Å². The van der Waals surface area contributed by atoms with Crippen molar-refractivity contribution in [1.82, 2.24) is 19.5 Å². The van der Waals surface area contributed by atoms with Gasteiger partial charge in [-0.1, -0.05) is 169 Å². The number of nitrogens with zero attached hydrogens (tertiary/aromatic N) is 4. The van der Waals surface area contributed by atoms with Crippen LogP contribution in [0, 0.1) is 0 Å². The van der Waals surface area contributed by atoms with Crippen molar-refractivity contribution in [3.8, 4) is 73.2 Å². The van der Waals surface area contributed by atoms with Gasteiger partial charge in [-0.3, -0.25) is 0 Å². The van der Waals surface area contributed by atoms with Crippen LogP contribution in [0.2, 0.25) is 0 Å². The SMILES string of the molecule is [2H]c1c([2H])c([2H])c(-c2c([2H])c([2H])c([2H])c(-c3ccc(-c4nc(-c5ccccc5)nc(-c5ccccc5)n4)c(-n4c5c([2H])c([2H])c([2H])c([2H])c5c5c([2H])c(-c6c([2H])c([2H])c([2H])c([2H])c6[2H])c([2H])c([2H])c54)c3)c2[2H])c([2H])c1[2H]. The van der Waals surface area contributed by atoms with Gasteiger partial charge >= 0.3 is 0 Å². The third-order valence-corrected chi connectivity index (χ3v) is 8.75. The van der Waals surface area contributed by atoms with Crippen LogP contribution in [-0.4, -0.2) is 19.5 Å². The van der Waals surface area contributed by atoms with E-state index >= 15 is 0 Å². The average Bonchev–Trinajstić information content (AvgIpc) is 4.02. The summed E-state index contributed by atoms with van der Waals surface area (Å²) in [5.74, 6) is 0.222. The van der Waals surface area contributed by atoms with Crippen LogP contribution in [0.25, 0.3) is 95.0 Å². The summed E-state index contributed by atoms with van der Waals surface area (Å²) in [6, 6.07) is 5.48. The van der Waals surface area contributed by atoms with Crippen molar-refractivity contribution in [2.45, 2.75) is 0 Å². The van der Waals surface area contributed by atoms with Crippen LogP contribution in [0.5, 0.6) is 0 Å². The highest BCUT2D eigenvalue weighted by Gasteiger charge is 2.21. The summed E-state index contributed by atoms with van der Waals surface area (Å²) in [7, 11) is 0. The second kappa shape index (κ2) is 13.8. The number of hydrogen-bond acceptors (Lipinski definition) is 3. The molecule has 2 heterocycles. The van der Waals surface area contributed by atoms with E-state index in [4.69, 9.17) is 34.1 Å². The molecule has 258 valence electrons. The second-order valence-corrected chi connectivity index (χ2v) is 12.1. The van der Waals surface area contributed by atoms with E-state index in [9.17, 15) is 9.60 Å². The lowest BCUT2D eigenvalue weighted by atomic mass is 9.97. The molecule has 0 fully saturated rings. The van der Waals surface area contributed by atoms with Crippen LogP contribution >= 0.6 is 0 Å². The van der Waals surface area contributed by atoms with Crippen molar-refractivity contribution in [2.75, 3.05) is 0 Å². The van der Waals surface area contributed by atoms with Gasteiger partial charge in [0, 0.05) is 27.5 Å². The van der Waals surface area contributed by atoms with E-state index in [1.807, 2.05) is 0 Å². The molecule has 0 spiro atoms. The molecule has 0 atom stereocenters. The lowest BCUT2D eigenvalue weighted by Crippen LogP contribution is -2.04. The molecule has 0 saturated heterocycles. The Morgan fingerprint density at radius 2 is 0.891 bits per heavy atom. The van der Waals surface area contributed by atoms with Crippen LogP contribution in [0.3, 0.4) is 0 Å². The minimum atomic E-state index is -0.832. The summed E-state index contributed by atoms with van der Waals surface area (Å²) in [5.41, 5.74) is -2.79. The van der Waals surface area contributed by atoms with Crippen molar-refractivity contribution >= 4 is 21.8 Å². The summed E-state index contributed by atoms with van der Waals surface area (Å²) >= 11 is 0. The molecule has 10 rings (SSSR count). The highest BCUT2D eigenvalue weighted by atomic mass is 15.1. The average molecular weight is 724 g/mol. The van der Waals surface area contributed by atoms with Crippen LogP contribution in [0.1, 0.15) is 28.8 Å². The Bertz CT molecular complexity index is 4070. The summed E-state index contributed by atoms with van der Waals surface area (Å²) in [6.45, 7) is 0.